The molecule has 0 unspecified atom stereocenters. The summed E-state index contributed by atoms with van der Waals surface area (Å²) in [6.07, 6.45) is 0. The van der Waals surface area contributed by atoms with E-state index in [1.54, 1.807) is 0 Å². The molecule has 0 saturated heterocycles. The molecule has 3 nitrogen and oxygen atoms in total. The summed E-state index contributed by atoms with van der Waals surface area (Å²) in [6.45, 7) is -1.93. The maximum atomic E-state index is 10.8. The van der Waals surface area contributed by atoms with E-state index in [-0.39, 0.29) is 5.52 Å². The zero-order chi connectivity index (χ0) is 68.2. The molecule has 0 fully saturated rings. The van der Waals surface area contributed by atoms with Crippen molar-refractivity contribution in [1.29, 1.82) is 0 Å². The van der Waals surface area contributed by atoms with Crippen LogP contribution in [0.1, 0.15) is 46.6 Å². The SMILES string of the molecule is [2H]c1c([2H])c([2H])[c]([Ge]([c]2c([2H])c([2H])c([2H])c([2H])c2[2H])([c]2c([2H])c3c4c(c2[2H])Oc2c([2H])c([2H])c([2H])c([2H])c2B4c2c([2H])c([2H])c([2H])c([2H])c2O3)[c]2c([2H])c([2H])c([2H])c(-c3c([2H])c([2H])c([2H])c4c5c([2H])c([2H])c([2H])c6c7c([2H])c([2H])c([2H])c([2H])c7n(c34)c65)c2[2H])c([2H])c1[2H]. The third-order valence-electron chi connectivity index (χ3n) is 10.5. The average molecular weight is 847 g/mol. The molecule has 0 bridgehead atoms. The second kappa shape index (κ2) is 12.5. The number of benzene rings is 9. The van der Waals surface area contributed by atoms with E-state index in [4.69, 9.17) is 24.6 Å². The molecular weight excluding hydrogens is 778 g/mol. The van der Waals surface area contributed by atoms with Crippen molar-refractivity contribution in [2.45, 2.75) is 0 Å². The molecule has 0 atom stereocenters. The van der Waals surface area contributed by atoms with Crippen molar-refractivity contribution >= 4 is 92.0 Å². The topological polar surface area (TPSA) is 22.9 Å². The fourth-order valence-electron chi connectivity index (χ4n) is 8.17. The monoisotopic (exact) mass is 847 g/mol. The minimum absolute atomic E-state index is 0.374. The van der Waals surface area contributed by atoms with E-state index in [2.05, 4.69) is 0 Å². The van der Waals surface area contributed by atoms with Gasteiger partial charge in [0.1, 0.15) is 0 Å². The summed E-state index contributed by atoms with van der Waals surface area (Å²) in [5, 5.41) is -1.91. The molecule has 13 rings (SSSR count). The first-order valence-electron chi connectivity index (χ1n) is 34.6. The third-order valence-corrected chi connectivity index (χ3v) is 18.9. The summed E-state index contributed by atoms with van der Waals surface area (Å²) in [5.74, 6) is -3.59. The molecule has 4 heterocycles. The Morgan fingerprint density at radius 2 is 0.915 bits per heavy atom. The van der Waals surface area contributed by atoms with Crippen LogP contribution in [0.3, 0.4) is 0 Å². The van der Waals surface area contributed by atoms with Gasteiger partial charge in [0.15, 0.2) is 0 Å². The van der Waals surface area contributed by atoms with Crippen molar-refractivity contribution < 1.29 is 56.1 Å². The minimum atomic E-state index is -7.84. The van der Waals surface area contributed by atoms with Gasteiger partial charge in [0.25, 0.3) is 0 Å². The van der Waals surface area contributed by atoms with Gasteiger partial charge in [0, 0.05) is 0 Å². The number of hydrogen-bond donors (Lipinski definition) is 0. The van der Waals surface area contributed by atoms with E-state index in [1.807, 2.05) is 0 Å². The predicted octanol–water partition coefficient (Wildman–Crippen LogP) is 8.61. The summed E-state index contributed by atoms with van der Waals surface area (Å²) in [6, 6.07) is -37.4. The van der Waals surface area contributed by atoms with Crippen LogP contribution in [-0.4, -0.2) is 24.4 Å². The van der Waals surface area contributed by atoms with Gasteiger partial charge >= 0.3 is 392 Å². The van der Waals surface area contributed by atoms with Crippen molar-refractivity contribution in [2.24, 2.45) is 0 Å². The van der Waals surface area contributed by atoms with Gasteiger partial charge in [0.2, 0.25) is 0 Å². The molecule has 0 saturated carbocycles. The molecular formula is C54H34BGeNO2. The Kier molecular flexibility index (Phi) is 2.98. The van der Waals surface area contributed by atoms with Crippen molar-refractivity contribution in [3.05, 3.63) is 205 Å². The third kappa shape index (κ3) is 4.55. The summed E-state index contributed by atoms with van der Waals surface area (Å²) in [4.78, 5) is 0. The average Bonchev–Trinajstić information content (AvgIpc) is 1.66. The number of rotatable bonds is 5. The van der Waals surface area contributed by atoms with Crippen molar-refractivity contribution in [3.8, 4) is 34.1 Å². The van der Waals surface area contributed by atoms with E-state index < -0.39 is 326 Å². The Bertz CT molecular complexity index is 5250. The molecule has 5 heteroatoms. The van der Waals surface area contributed by atoms with E-state index >= 15 is 0 Å². The van der Waals surface area contributed by atoms with Gasteiger partial charge in [-0.15, -0.1) is 0 Å². The van der Waals surface area contributed by atoms with Crippen molar-refractivity contribution in [3.63, 3.8) is 0 Å². The summed E-state index contributed by atoms with van der Waals surface area (Å²) in [7, 11) is 0. The molecule has 2 aromatic heterocycles. The van der Waals surface area contributed by atoms with Crippen LogP contribution < -0.4 is 43.4 Å². The summed E-state index contributed by atoms with van der Waals surface area (Å²) >= 11 is -7.84. The Balaban J connectivity index is 1.35. The zero-order valence-corrected chi connectivity index (χ0v) is 31.4. The van der Waals surface area contributed by atoms with Crippen molar-refractivity contribution in [1.82, 2.24) is 4.40 Å². The molecule has 2 aliphatic rings. The molecule has 0 amide bonds. The molecule has 2 aliphatic heterocycles. The number of fused-ring (bicyclic) bond motifs is 10. The van der Waals surface area contributed by atoms with Gasteiger partial charge in [-0.3, -0.25) is 0 Å². The standard InChI is InChI=1S/C54H34BGeNO2/c1-3-17-36(18-4-1)56(37-19-5-2-6-20-37,39-33-50-52-51(34-39)59-49-31-12-9-28-46(49)55(52)45-27-8-11-30-48(45)58-50)38-21-13-16-35(32-38)40-23-14-25-43-44-26-15-24-42-41-22-7-10-29-47(41)57(53(40)43)54(42)44/h1-34H/i1D,2D,3D,4D,5D,6D,7D,8D,9D,10D,11D,12D,13D,14D,15D,16D,17D,18D,19D,20D,21D,22D,23D,24D,25D,26D,27D,28D,29D,30D,31D,32D,33D,34D. The number of nitrogens with zero attached hydrogens (tertiary/aromatic N) is 1. The fourth-order valence-corrected chi connectivity index (χ4v) is 15.9. The normalized spacial score (nSPS) is 21.1. The first-order valence-corrected chi connectivity index (χ1v) is 21.8. The molecule has 0 spiro atoms. The van der Waals surface area contributed by atoms with Crippen LogP contribution in [-0.2, 0) is 0 Å². The van der Waals surface area contributed by atoms with Gasteiger partial charge in [-0.1, -0.05) is 0 Å². The van der Waals surface area contributed by atoms with Crippen LogP contribution in [0.4, 0.5) is 0 Å². The van der Waals surface area contributed by atoms with Crippen LogP contribution in [0.2, 0.25) is 0 Å². The summed E-state index contributed by atoms with van der Waals surface area (Å²) in [5.41, 5.74) is -5.32. The number of aromatic nitrogens is 1. The van der Waals surface area contributed by atoms with Crippen LogP contribution in [0.25, 0.3) is 49.2 Å². The van der Waals surface area contributed by atoms with Crippen molar-refractivity contribution in [2.75, 3.05) is 0 Å². The molecule has 0 N–H and O–H groups in total. The maximum absolute atomic E-state index is 10.8. The Labute approximate surface area is 392 Å². The van der Waals surface area contributed by atoms with E-state index in [0.717, 1.165) is 4.40 Å². The quantitative estimate of drug-likeness (QED) is 0.162. The molecule has 9 aromatic carbocycles. The first-order chi connectivity index (χ1) is 43.4. The van der Waals surface area contributed by atoms with Gasteiger partial charge in [-0.05, 0) is 0 Å². The van der Waals surface area contributed by atoms with Crippen LogP contribution in [0.15, 0.2) is 205 Å². The van der Waals surface area contributed by atoms with E-state index in [0.29, 0.717) is 0 Å². The van der Waals surface area contributed by atoms with E-state index in [1.165, 1.54) is 0 Å². The number of para-hydroxylation sites is 5. The van der Waals surface area contributed by atoms with Gasteiger partial charge in [-0.2, -0.15) is 0 Å². The molecule has 274 valence electrons. The Hall–Kier alpha value is -7.01. The molecule has 0 aliphatic carbocycles. The Morgan fingerprint density at radius 1 is 0.407 bits per heavy atom. The molecule has 0 radical (unpaired) electrons. The molecule has 11 aromatic rings. The second-order valence-electron chi connectivity index (χ2n) is 13.3. The van der Waals surface area contributed by atoms with Crippen LogP contribution in [0.5, 0.6) is 23.0 Å². The van der Waals surface area contributed by atoms with Gasteiger partial charge in [0.05, 0.1) is 0 Å². The number of hydrogen-bond acceptors (Lipinski definition) is 2. The summed E-state index contributed by atoms with van der Waals surface area (Å²) < 4.78 is 329. The fraction of sp³-hybridized carbons (Fsp3) is 0. The van der Waals surface area contributed by atoms with Crippen LogP contribution in [0, 0.1) is 0 Å². The zero-order valence-electron chi connectivity index (χ0n) is 63.3. The number of ether oxygens (including phenoxy) is 2. The van der Waals surface area contributed by atoms with Gasteiger partial charge < -0.3 is 0 Å². The molecule has 59 heavy (non-hydrogen) atoms. The first kappa shape index (κ1) is 14.1. The van der Waals surface area contributed by atoms with E-state index in [9.17, 15) is 31.5 Å². The Morgan fingerprint density at radius 3 is 1.59 bits per heavy atom. The predicted molar refractivity (Wildman–Crippen MR) is 248 cm³/mol. The van der Waals surface area contributed by atoms with Crippen LogP contribution >= 0.6 is 0 Å². The van der Waals surface area contributed by atoms with Gasteiger partial charge in [-0.25, -0.2) is 0 Å². The second-order valence-corrected chi connectivity index (χ2v) is 20.7.